The number of benzene rings is 3. The number of piperazine rings is 1. The van der Waals surface area contributed by atoms with Crippen LogP contribution >= 0.6 is 0 Å². The van der Waals surface area contributed by atoms with Crippen LogP contribution in [0, 0.1) is 11.3 Å². The molecule has 37 heavy (non-hydrogen) atoms. The maximum absolute atomic E-state index is 13.3. The SMILES string of the molecule is C=C(CN1CCNCC1)CN(CCOc1ccccc1C#N)C(=O)Nc1ccc(-c2ccccc2)cc1. The predicted octanol–water partition coefficient (Wildman–Crippen LogP) is 4.60. The molecule has 1 aliphatic heterocycles. The molecule has 1 saturated heterocycles. The average Bonchev–Trinajstić information content (AvgIpc) is 2.94. The summed E-state index contributed by atoms with van der Waals surface area (Å²) >= 11 is 0. The molecule has 7 heteroatoms. The Morgan fingerprint density at radius 3 is 2.41 bits per heavy atom. The van der Waals surface area contributed by atoms with E-state index in [-0.39, 0.29) is 12.6 Å². The molecule has 1 aliphatic rings. The summed E-state index contributed by atoms with van der Waals surface area (Å²) in [5.41, 5.74) is 4.37. The Morgan fingerprint density at radius 1 is 1.00 bits per heavy atom. The van der Waals surface area contributed by atoms with Crippen molar-refractivity contribution >= 4 is 11.7 Å². The highest BCUT2D eigenvalue weighted by atomic mass is 16.5. The Labute approximate surface area is 219 Å². The van der Waals surface area contributed by atoms with E-state index in [9.17, 15) is 10.1 Å². The fourth-order valence-corrected chi connectivity index (χ4v) is 4.29. The first kappa shape index (κ1) is 26.0. The molecule has 7 nitrogen and oxygen atoms in total. The molecule has 0 atom stereocenters. The van der Waals surface area contributed by atoms with Crippen LogP contribution in [0.5, 0.6) is 5.75 Å². The Balaban J connectivity index is 1.40. The second kappa shape index (κ2) is 13.3. The Bertz CT molecular complexity index is 1210. The van der Waals surface area contributed by atoms with E-state index in [2.05, 4.69) is 40.3 Å². The zero-order valence-corrected chi connectivity index (χ0v) is 21.0. The van der Waals surface area contributed by atoms with Crippen LogP contribution < -0.4 is 15.4 Å². The van der Waals surface area contributed by atoms with E-state index in [1.165, 1.54) is 0 Å². The maximum Gasteiger partial charge on any atom is 0.322 e. The summed E-state index contributed by atoms with van der Waals surface area (Å²) in [6.45, 7) is 9.88. The van der Waals surface area contributed by atoms with Crippen LogP contribution in [0.3, 0.4) is 0 Å². The molecule has 190 valence electrons. The van der Waals surface area contributed by atoms with Crippen LogP contribution in [0.25, 0.3) is 11.1 Å². The normalized spacial score (nSPS) is 13.4. The highest BCUT2D eigenvalue weighted by Gasteiger charge is 2.18. The number of ether oxygens (including phenoxy) is 1. The van der Waals surface area contributed by atoms with Gasteiger partial charge in [0.1, 0.15) is 18.4 Å². The van der Waals surface area contributed by atoms with Gasteiger partial charge < -0.3 is 20.3 Å². The first-order valence-electron chi connectivity index (χ1n) is 12.6. The first-order valence-corrected chi connectivity index (χ1v) is 12.6. The second-order valence-corrected chi connectivity index (χ2v) is 9.03. The van der Waals surface area contributed by atoms with Crippen molar-refractivity contribution in [2.75, 3.05) is 57.7 Å². The minimum absolute atomic E-state index is 0.217. The van der Waals surface area contributed by atoms with Crippen LogP contribution in [-0.2, 0) is 0 Å². The molecular weight excluding hydrogens is 462 g/mol. The summed E-state index contributed by atoms with van der Waals surface area (Å²) in [7, 11) is 0. The fourth-order valence-electron chi connectivity index (χ4n) is 4.29. The average molecular weight is 496 g/mol. The summed E-state index contributed by atoms with van der Waals surface area (Å²) in [4.78, 5) is 17.4. The summed E-state index contributed by atoms with van der Waals surface area (Å²) < 4.78 is 5.86. The van der Waals surface area contributed by atoms with Crippen LogP contribution in [0.1, 0.15) is 5.56 Å². The van der Waals surface area contributed by atoms with Crippen LogP contribution in [-0.4, -0.2) is 68.3 Å². The van der Waals surface area contributed by atoms with Gasteiger partial charge in [0.25, 0.3) is 0 Å². The van der Waals surface area contributed by atoms with Crippen LogP contribution in [0.4, 0.5) is 10.5 Å². The van der Waals surface area contributed by atoms with Crippen molar-refractivity contribution < 1.29 is 9.53 Å². The molecule has 0 unspecified atom stereocenters. The summed E-state index contributed by atoms with van der Waals surface area (Å²) in [5.74, 6) is 0.515. The van der Waals surface area contributed by atoms with Gasteiger partial charge in [-0.25, -0.2) is 4.79 Å². The smallest absolute Gasteiger partial charge is 0.322 e. The number of amides is 2. The topological polar surface area (TPSA) is 80.6 Å². The third kappa shape index (κ3) is 7.68. The minimum Gasteiger partial charge on any atom is -0.490 e. The minimum atomic E-state index is -0.217. The van der Waals surface area contributed by atoms with E-state index < -0.39 is 0 Å². The maximum atomic E-state index is 13.3. The van der Waals surface area contributed by atoms with E-state index in [0.29, 0.717) is 24.4 Å². The molecule has 4 rings (SSSR count). The number of urea groups is 1. The van der Waals surface area contributed by atoms with Crippen molar-refractivity contribution in [1.82, 2.24) is 15.1 Å². The van der Waals surface area contributed by atoms with Gasteiger partial charge in [-0.1, -0.05) is 61.2 Å². The van der Waals surface area contributed by atoms with E-state index >= 15 is 0 Å². The highest BCUT2D eigenvalue weighted by Crippen LogP contribution is 2.21. The summed E-state index contributed by atoms with van der Waals surface area (Å²) in [6.07, 6.45) is 0. The van der Waals surface area contributed by atoms with E-state index in [0.717, 1.165) is 55.1 Å². The molecule has 0 bridgehead atoms. The molecule has 3 aromatic rings. The zero-order valence-electron chi connectivity index (χ0n) is 21.0. The van der Waals surface area contributed by atoms with Gasteiger partial charge >= 0.3 is 6.03 Å². The third-order valence-corrected chi connectivity index (χ3v) is 6.23. The molecule has 0 aliphatic carbocycles. The Morgan fingerprint density at radius 2 is 1.68 bits per heavy atom. The van der Waals surface area contributed by atoms with Crippen molar-refractivity contribution in [2.45, 2.75) is 0 Å². The van der Waals surface area contributed by atoms with Crippen LogP contribution in [0.2, 0.25) is 0 Å². The second-order valence-electron chi connectivity index (χ2n) is 9.03. The number of para-hydroxylation sites is 1. The summed E-state index contributed by atoms with van der Waals surface area (Å²) in [6, 6.07) is 27.0. The standard InChI is InChI=1S/C30H33N5O2/c1-24(22-34-17-15-32-16-18-34)23-35(19-20-37-29-10-6-5-9-27(29)21-31)30(36)33-28-13-11-26(12-14-28)25-7-3-2-4-8-25/h2-14,32H,1,15-20,22-23H2,(H,33,36). The van der Waals surface area contributed by atoms with E-state index in [4.69, 9.17) is 4.74 Å². The van der Waals surface area contributed by atoms with Crippen molar-refractivity contribution in [3.05, 3.63) is 96.6 Å². The number of rotatable bonds is 10. The van der Waals surface area contributed by atoms with Gasteiger partial charge in [-0.15, -0.1) is 0 Å². The van der Waals surface area contributed by atoms with Gasteiger partial charge in [0.15, 0.2) is 0 Å². The quantitative estimate of drug-likeness (QED) is 0.402. The highest BCUT2D eigenvalue weighted by molar-refractivity contribution is 5.89. The number of hydrogen-bond donors (Lipinski definition) is 2. The number of nitrogens with one attached hydrogen (secondary N) is 2. The van der Waals surface area contributed by atoms with Crippen molar-refractivity contribution in [1.29, 1.82) is 5.26 Å². The molecule has 2 N–H and O–H groups in total. The zero-order chi connectivity index (χ0) is 25.9. The monoisotopic (exact) mass is 495 g/mol. The molecule has 1 fully saturated rings. The Hall–Kier alpha value is -4.12. The summed E-state index contributed by atoms with van der Waals surface area (Å²) in [5, 5.41) is 15.7. The number of anilines is 1. The Kier molecular flexibility index (Phi) is 9.30. The molecule has 0 radical (unpaired) electrons. The molecule has 0 saturated carbocycles. The van der Waals surface area contributed by atoms with Gasteiger partial charge in [-0.3, -0.25) is 4.90 Å². The van der Waals surface area contributed by atoms with Gasteiger partial charge in [-0.2, -0.15) is 5.26 Å². The predicted molar refractivity (Wildman–Crippen MR) is 148 cm³/mol. The molecule has 2 amide bonds. The van der Waals surface area contributed by atoms with Gasteiger partial charge in [0.2, 0.25) is 0 Å². The van der Waals surface area contributed by atoms with Gasteiger partial charge in [0, 0.05) is 45.0 Å². The molecule has 0 aromatic heterocycles. The third-order valence-electron chi connectivity index (χ3n) is 6.23. The molecule has 3 aromatic carbocycles. The first-order chi connectivity index (χ1) is 18.1. The lowest BCUT2D eigenvalue weighted by molar-refractivity contribution is 0.196. The van der Waals surface area contributed by atoms with Crippen molar-refractivity contribution in [2.24, 2.45) is 0 Å². The largest absolute Gasteiger partial charge is 0.490 e. The number of hydrogen-bond acceptors (Lipinski definition) is 5. The lowest BCUT2D eigenvalue weighted by atomic mass is 10.1. The molecular formula is C30H33N5O2. The van der Waals surface area contributed by atoms with E-state index in [1.54, 1.807) is 23.1 Å². The fraction of sp³-hybridized carbons (Fsp3) is 0.267. The lowest BCUT2D eigenvalue weighted by Gasteiger charge is -2.30. The van der Waals surface area contributed by atoms with Crippen molar-refractivity contribution in [3.8, 4) is 22.9 Å². The molecule has 0 spiro atoms. The number of nitrogens with zero attached hydrogens (tertiary/aromatic N) is 3. The number of carbonyl (C=O) groups is 1. The van der Waals surface area contributed by atoms with Crippen LogP contribution in [0.15, 0.2) is 91.0 Å². The van der Waals surface area contributed by atoms with E-state index in [1.807, 2.05) is 48.5 Å². The number of carbonyl (C=O) groups excluding carboxylic acids is 1. The lowest BCUT2D eigenvalue weighted by Crippen LogP contribution is -2.45. The molecule has 1 heterocycles. The van der Waals surface area contributed by atoms with Gasteiger partial charge in [-0.05, 0) is 41.0 Å². The van der Waals surface area contributed by atoms with Gasteiger partial charge in [0.05, 0.1) is 12.1 Å². The van der Waals surface area contributed by atoms with Crippen molar-refractivity contribution in [3.63, 3.8) is 0 Å². The number of nitriles is 1.